The smallest absolute Gasteiger partial charge is 0.344 e. The third kappa shape index (κ3) is 4.15. The summed E-state index contributed by atoms with van der Waals surface area (Å²) in [7, 11) is 0. The third-order valence-corrected chi connectivity index (χ3v) is 3.95. The number of halogens is 1. The molecule has 0 unspecified atom stereocenters. The van der Waals surface area contributed by atoms with E-state index in [9.17, 15) is 14.0 Å². The Morgan fingerprint density at radius 1 is 1.04 bits per heavy atom. The molecule has 1 amide bonds. The largest absolute Gasteiger partial charge is 0.479 e. The number of carbonyl (C=O) groups excluding carboxylic acids is 2. The lowest BCUT2D eigenvalue weighted by atomic mass is 10.0. The first kappa shape index (κ1) is 17.0. The lowest BCUT2D eigenvalue weighted by Gasteiger charge is -2.29. The van der Waals surface area contributed by atoms with Crippen LogP contribution in [0.4, 0.5) is 10.1 Å². The monoisotopic (exact) mass is 343 g/mol. The van der Waals surface area contributed by atoms with Crippen LogP contribution in [0.25, 0.3) is 0 Å². The van der Waals surface area contributed by atoms with Gasteiger partial charge in [0.15, 0.2) is 24.8 Å². The highest BCUT2D eigenvalue weighted by Gasteiger charge is 2.23. The van der Waals surface area contributed by atoms with Gasteiger partial charge in [0, 0.05) is 12.2 Å². The SMILES string of the molecule is O=C(COc1ccccc1F)OCC(=O)N1CCCc2ccccc21. The number of hydrogen-bond donors (Lipinski definition) is 0. The van der Waals surface area contributed by atoms with Gasteiger partial charge in [0.25, 0.3) is 5.91 Å². The van der Waals surface area contributed by atoms with E-state index in [1.54, 1.807) is 11.0 Å². The summed E-state index contributed by atoms with van der Waals surface area (Å²) in [6, 6.07) is 13.5. The van der Waals surface area contributed by atoms with Crippen LogP contribution < -0.4 is 9.64 Å². The van der Waals surface area contributed by atoms with Gasteiger partial charge >= 0.3 is 5.97 Å². The van der Waals surface area contributed by atoms with Crippen molar-refractivity contribution in [2.75, 3.05) is 24.7 Å². The first-order valence-corrected chi connectivity index (χ1v) is 8.06. The van der Waals surface area contributed by atoms with E-state index >= 15 is 0 Å². The van der Waals surface area contributed by atoms with Gasteiger partial charge in [-0.05, 0) is 36.6 Å². The Bertz CT molecular complexity index is 778. The summed E-state index contributed by atoms with van der Waals surface area (Å²) < 4.78 is 23.4. The molecular weight excluding hydrogens is 325 g/mol. The molecule has 0 N–H and O–H groups in total. The number of esters is 1. The van der Waals surface area contributed by atoms with E-state index in [2.05, 4.69) is 0 Å². The molecule has 130 valence electrons. The van der Waals surface area contributed by atoms with Gasteiger partial charge in [-0.3, -0.25) is 4.79 Å². The standard InChI is InChI=1S/C19H18FNO4/c20-15-8-2-4-10-17(15)24-13-19(23)25-12-18(22)21-11-5-7-14-6-1-3-9-16(14)21/h1-4,6,8-10H,5,7,11-13H2. The number of nitrogens with zero attached hydrogens (tertiary/aromatic N) is 1. The van der Waals surface area contributed by atoms with Crippen LogP contribution in [-0.2, 0) is 20.7 Å². The maximum Gasteiger partial charge on any atom is 0.344 e. The van der Waals surface area contributed by atoms with E-state index < -0.39 is 18.4 Å². The van der Waals surface area contributed by atoms with Crippen LogP contribution >= 0.6 is 0 Å². The summed E-state index contributed by atoms with van der Waals surface area (Å²) in [5.41, 5.74) is 1.97. The Kier molecular flexibility index (Phi) is 5.28. The summed E-state index contributed by atoms with van der Waals surface area (Å²) in [4.78, 5) is 25.7. The lowest BCUT2D eigenvalue weighted by Crippen LogP contribution is -2.38. The quantitative estimate of drug-likeness (QED) is 0.784. The second kappa shape index (κ2) is 7.79. The van der Waals surface area contributed by atoms with Crippen LogP contribution in [0.2, 0.25) is 0 Å². The minimum Gasteiger partial charge on any atom is -0.479 e. The Morgan fingerprint density at radius 3 is 2.64 bits per heavy atom. The Labute approximate surface area is 145 Å². The highest BCUT2D eigenvalue weighted by atomic mass is 19.1. The van der Waals surface area contributed by atoms with E-state index in [-0.39, 0.29) is 18.3 Å². The molecule has 3 rings (SSSR count). The molecule has 0 fully saturated rings. The van der Waals surface area contributed by atoms with Gasteiger partial charge in [0.1, 0.15) is 0 Å². The summed E-state index contributed by atoms with van der Waals surface area (Å²) in [5.74, 6) is -1.60. The van der Waals surface area contributed by atoms with Crippen molar-refractivity contribution in [2.24, 2.45) is 0 Å². The van der Waals surface area contributed by atoms with Crippen LogP contribution in [0.3, 0.4) is 0 Å². The predicted molar refractivity (Wildman–Crippen MR) is 90.0 cm³/mol. The van der Waals surface area contributed by atoms with Crippen LogP contribution in [-0.4, -0.2) is 31.6 Å². The zero-order valence-electron chi connectivity index (χ0n) is 13.6. The molecule has 25 heavy (non-hydrogen) atoms. The molecule has 0 saturated heterocycles. The van der Waals surface area contributed by atoms with Gasteiger partial charge in [-0.1, -0.05) is 30.3 Å². The maximum atomic E-state index is 13.4. The molecule has 0 aromatic heterocycles. The van der Waals surface area contributed by atoms with E-state index in [0.29, 0.717) is 6.54 Å². The van der Waals surface area contributed by atoms with E-state index in [4.69, 9.17) is 9.47 Å². The molecule has 1 heterocycles. The second-order valence-electron chi connectivity index (χ2n) is 5.66. The average molecular weight is 343 g/mol. The number of anilines is 1. The fourth-order valence-electron chi connectivity index (χ4n) is 2.75. The van der Waals surface area contributed by atoms with Crippen molar-refractivity contribution >= 4 is 17.6 Å². The minimum absolute atomic E-state index is 0.0317. The molecule has 0 aliphatic carbocycles. The molecule has 2 aromatic carbocycles. The minimum atomic E-state index is -0.720. The summed E-state index contributed by atoms with van der Waals surface area (Å²) >= 11 is 0. The molecule has 0 saturated carbocycles. The number of amides is 1. The molecule has 0 atom stereocenters. The van der Waals surface area contributed by atoms with E-state index in [1.165, 1.54) is 18.2 Å². The number of fused-ring (bicyclic) bond motifs is 1. The van der Waals surface area contributed by atoms with Crippen molar-refractivity contribution in [1.29, 1.82) is 0 Å². The fraction of sp³-hybridized carbons (Fsp3) is 0.263. The average Bonchev–Trinajstić information content (AvgIpc) is 2.65. The zero-order valence-corrected chi connectivity index (χ0v) is 13.6. The summed E-state index contributed by atoms with van der Waals surface area (Å²) in [5, 5.41) is 0. The molecule has 2 aromatic rings. The van der Waals surface area contributed by atoms with Crippen molar-refractivity contribution < 1.29 is 23.5 Å². The van der Waals surface area contributed by atoms with Crippen molar-refractivity contribution in [2.45, 2.75) is 12.8 Å². The lowest BCUT2D eigenvalue weighted by molar-refractivity contribution is -0.149. The zero-order chi connectivity index (χ0) is 17.6. The number of rotatable bonds is 5. The van der Waals surface area contributed by atoms with Gasteiger partial charge in [-0.15, -0.1) is 0 Å². The van der Waals surface area contributed by atoms with Crippen LogP contribution in [0.1, 0.15) is 12.0 Å². The maximum absolute atomic E-state index is 13.4. The van der Waals surface area contributed by atoms with Crippen molar-refractivity contribution in [1.82, 2.24) is 0 Å². The Hall–Kier alpha value is -2.89. The first-order chi connectivity index (χ1) is 12.1. The molecule has 6 heteroatoms. The number of benzene rings is 2. The van der Waals surface area contributed by atoms with Crippen molar-refractivity contribution in [3.8, 4) is 5.75 Å². The predicted octanol–water partition coefficient (Wildman–Crippen LogP) is 2.73. The van der Waals surface area contributed by atoms with Gasteiger partial charge < -0.3 is 14.4 Å². The highest BCUT2D eigenvalue weighted by molar-refractivity contribution is 5.96. The molecular formula is C19H18FNO4. The van der Waals surface area contributed by atoms with Crippen molar-refractivity contribution in [3.05, 3.63) is 59.9 Å². The van der Waals surface area contributed by atoms with Crippen molar-refractivity contribution in [3.63, 3.8) is 0 Å². The number of hydrogen-bond acceptors (Lipinski definition) is 4. The molecule has 1 aliphatic heterocycles. The normalized spacial score (nSPS) is 13.1. The van der Waals surface area contributed by atoms with Gasteiger partial charge in [-0.25, -0.2) is 9.18 Å². The van der Waals surface area contributed by atoms with Gasteiger partial charge in [0.05, 0.1) is 0 Å². The number of para-hydroxylation sites is 2. The number of carbonyl (C=O) groups is 2. The number of aryl methyl sites for hydroxylation is 1. The summed E-state index contributed by atoms with van der Waals surface area (Å²) in [6.45, 7) is -0.224. The molecule has 0 bridgehead atoms. The Morgan fingerprint density at radius 2 is 1.80 bits per heavy atom. The van der Waals surface area contributed by atoms with Crippen LogP contribution in [0.5, 0.6) is 5.75 Å². The summed E-state index contributed by atoms with van der Waals surface area (Å²) in [6.07, 6.45) is 1.79. The van der Waals surface area contributed by atoms with E-state index in [0.717, 1.165) is 24.1 Å². The molecule has 5 nitrogen and oxygen atoms in total. The van der Waals surface area contributed by atoms with E-state index in [1.807, 2.05) is 24.3 Å². The highest BCUT2D eigenvalue weighted by Crippen LogP contribution is 2.26. The van der Waals surface area contributed by atoms with Gasteiger partial charge in [0.2, 0.25) is 0 Å². The third-order valence-electron chi connectivity index (χ3n) is 3.95. The first-order valence-electron chi connectivity index (χ1n) is 8.06. The van der Waals surface area contributed by atoms with Crippen LogP contribution in [0.15, 0.2) is 48.5 Å². The number of ether oxygens (including phenoxy) is 2. The second-order valence-corrected chi connectivity index (χ2v) is 5.66. The van der Waals surface area contributed by atoms with Gasteiger partial charge in [-0.2, -0.15) is 0 Å². The molecule has 0 radical (unpaired) electrons. The fourth-order valence-corrected chi connectivity index (χ4v) is 2.75. The molecule has 0 spiro atoms. The topological polar surface area (TPSA) is 55.8 Å². The van der Waals surface area contributed by atoms with Crippen LogP contribution in [0, 0.1) is 5.82 Å². The Balaban J connectivity index is 1.51. The molecule has 1 aliphatic rings.